The third-order valence-corrected chi connectivity index (χ3v) is 5.80. The fraction of sp³-hybridized carbons (Fsp3) is 0.500. The Labute approximate surface area is 150 Å². The number of hydrogen-bond donors (Lipinski definition) is 0. The van der Waals surface area contributed by atoms with Crippen molar-refractivity contribution in [3.63, 3.8) is 0 Å². The number of aldehydes is 1. The van der Waals surface area contributed by atoms with Gasteiger partial charge in [0.2, 0.25) is 5.91 Å². The van der Waals surface area contributed by atoms with Gasteiger partial charge in [0.05, 0.1) is 22.5 Å². The van der Waals surface area contributed by atoms with Crippen LogP contribution in [0.2, 0.25) is 0 Å². The number of carbonyl (C=O) groups excluding carboxylic acids is 2. The number of amides is 1. The minimum atomic E-state index is -4.24. The first-order valence-corrected chi connectivity index (χ1v) is 8.82. The fourth-order valence-electron chi connectivity index (χ4n) is 3.10. The molecule has 1 saturated heterocycles. The summed E-state index contributed by atoms with van der Waals surface area (Å²) in [7, 11) is 0. The normalized spacial score (nSPS) is 16.2. The lowest BCUT2D eigenvalue weighted by Crippen LogP contribution is -2.44. The van der Waals surface area contributed by atoms with Gasteiger partial charge in [-0.3, -0.25) is 19.0 Å². The van der Waals surface area contributed by atoms with Crippen molar-refractivity contribution in [3.8, 4) is 0 Å². The predicted molar refractivity (Wildman–Crippen MR) is 89.4 cm³/mol. The average molecular weight is 387 g/mol. The first-order chi connectivity index (χ1) is 12.2. The summed E-state index contributed by atoms with van der Waals surface area (Å²) < 4.78 is 39.3. The largest absolute Gasteiger partial charge is 0.391 e. The summed E-state index contributed by atoms with van der Waals surface area (Å²) in [4.78, 5) is 42.2. The zero-order valence-electron chi connectivity index (χ0n) is 13.9. The van der Waals surface area contributed by atoms with Crippen molar-refractivity contribution in [2.24, 2.45) is 5.92 Å². The number of carbonyl (C=O) groups is 2. The highest BCUT2D eigenvalue weighted by atomic mass is 32.1. The van der Waals surface area contributed by atoms with E-state index in [0.29, 0.717) is 26.9 Å². The SMILES string of the molecule is Cc1c(C=O)sc2ncn(CC(=O)N3CCC(C(F)(F)F)CC3)c(=O)c12. The van der Waals surface area contributed by atoms with Gasteiger partial charge in [-0.1, -0.05) is 0 Å². The zero-order chi connectivity index (χ0) is 19.1. The van der Waals surface area contributed by atoms with Crippen LogP contribution in [-0.2, 0) is 11.3 Å². The van der Waals surface area contributed by atoms with Crippen LogP contribution in [0.15, 0.2) is 11.1 Å². The second kappa shape index (κ2) is 6.82. The highest BCUT2D eigenvalue weighted by molar-refractivity contribution is 7.20. The van der Waals surface area contributed by atoms with Gasteiger partial charge in [0.25, 0.3) is 5.56 Å². The van der Waals surface area contributed by atoms with Crippen LogP contribution in [-0.4, -0.2) is 45.9 Å². The lowest BCUT2D eigenvalue weighted by atomic mass is 9.96. The third-order valence-electron chi connectivity index (χ3n) is 4.68. The third kappa shape index (κ3) is 3.37. The van der Waals surface area contributed by atoms with E-state index in [2.05, 4.69) is 4.98 Å². The molecule has 1 amide bonds. The molecule has 3 heterocycles. The van der Waals surface area contributed by atoms with Gasteiger partial charge >= 0.3 is 6.18 Å². The molecule has 0 bridgehead atoms. The number of rotatable bonds is 3. The summed E-state index contributed by atoms with van der Waals surface area (Å²) in [6.45, 7) is 1.38. The summed E-state index contributed by atoms with van der Waals surface area (Å²) in [5, 5.41) is 0.295. The number of fused-ring (bicyclic) bond motifs is 1. The molecule has 140 valence electrons. The summed E-state index contributed by atoms with van der Waals surface area (Å²) in [6.07, 6.45) is -2.62. The highest BCUT2D eigenvalue weighted by Gasteiger charge is 2.41. The average Bonchev–Trinajstić information content (AvgIpc) is 2.93. The minimum absolute atomic E-state index is 0.0141. The van der Waals surface area contributed by atoms with Crippen LogP contribution in [0.3, 0.4) is 0 Å². The maximum atomic E-state index is 12.7. The molecule has 26 heavy (non-hydrogen) atoms. The highest BCUT2D eigenvalue weighted by Crippen LogP contribution is 2.34. The number of aryl methyl sites for hydroxylation is 1. The molecule has 0 atom stereocenters. The molecule has 1 aliphatic heterocycles. The Hall–Kier alpha value is -2.23. The number of aromatic nitrogens is 2. The maximum absolute atomic E-state index is 12.7. The van der Waals surface area contributed by atoms with E-state index in [-0.39, 0.29) is 32.5 Å². The van der Waals surface area contributed by atoms with Crippen LogP contribution < -0.4 is 5.56 Å². The number of likely N-dealkylation sites (tertiary alicyclic amines) is 1. The van der Waals surface area contributed by atoms with Crippen LogP contribution in [0, 0.1) is 12.8 Å². The van der Waals surface area contributed by atoms with Crippen molar-refractivity contribution >= 4 is 33.7 Å². The first-order valence-electron chi connectivity index (χ1n) is 8.00. The quantitative estimate of drug-likeness (QED) is 0.758. The number of thiophene rings is 1. The molecule has 0 aromatic carbocycles. The summed E-state index contributed by atoms with van der Waals surface area (Å²) >= 11 is 1.10. The van der Waals surface area contributed by atoms with Crippen molar-refractivity contribution in [2.45, 2.75) is 32.5 Å². The van der Waals surface area contributed by atoms with E-state index >= 15 is 0 Å². The Bertz CT molecular complexity index is 911. The van der Waals surface area contributed by atoms with E-state index in [1.165, 1.54) is 11.2 Å². The smallest absolute Gasteiger partial charge is 0.341 e. The van der Waals surface area contributed by atoms with Crippen molar-refractivity contribution in [3.05, 3.63) is 27.1 Å². The number of hydrogen-bond acceptors (Lipinski definition) is 5. The second-order valence-electron chi connectivity index (χ2n) is 6.26. The summed E-state index contributed by atoms with van der Waals surface area (Å²) in [5.74, 6) is -1.81. The van der Waals surface area contributed by atoms with Crippen LogP contribution >= 0.6 is 11.3 Å². The Morgan fingerprint density at radius 1 is 1.38 bits per heavy atom. The molecule has 0 spiro atoms. The summed E-state index contributed by atoms with van der Waals surface area (Å²) in [5.41, 5.74) is 0.0840. The molecule has 1 aliphatic rings. The maximum Gasteiger partial charge on any atom is 0.391 e. The Balaban J connectivity index is 1.76. The molecule has 2 aromatic rings. The second-order valence-corrected chi connectivity index (χ2v) is 7.29. The van der Waals surface area contributed by atoms with E-state index in [9.17, 15) is 27.6 Å². The Morgan fingerprint density at radius 2 is 2.04 bits per heavy atom. The molecule has 0 N–H and O–H groups in total. The Kier molecular flexibility index (Phi) is 4.87. The lowest BCUT2D eigenvalue weighted by Gasteiger charge is -2.33. The van der Waals surface area contributed by atoms with Crippen molar-refractivity contribution < 1.29 is 22.8 Å². The van der Waals surface area contributed by atoms with Gasteiger partial charge < -0.3 is 4.90 Å². The molecule has 10 heteroatoms. The monoisotopic (exact) mass is 387 g/mol. The van der Waals surface area contributed by atoms with E-state index in [0.717, 1.165) is 15.9 Å². The number of halogens is 3. The van der Waals surface area contributed by atoms with Crippen molar-refractivity contribution in [2.75, 3.05) is 13.1 Å². The van der Waals surface area contributed by atoms with E-state index in [4.69, 9.17) is 0 Å². The molecular weight excluding hydrogens is 371 g/mol. The number of alkyl halides is 3. The topological polar surface area (TPSA) is 72.3 Å². The minimum Gasteiger partial charge on any atom is -0.341 e. The first kappa shape index (κ1) is 18.6. The fourth-order valence-corrected chi connectivity index (χ4v) is 4.06. The van der Waals surface area contributed by atoms with Gasteiger partial charge in [-0.05, 0) is 25.3 Å². The van der Waals surface area contributed by atoms with Gasteiger partial charge in [0.1, 0.15) is 11.4 Å². The van der Waals surface area contributed by atoms with Crippen LogP contribution in [0.25, 0.3) is 10.2 Å². The van der Waals surface area contributed by atoms with Crippen molar-refractivity contribution in [1.82, 2.24) is 14.5 Å². The Morgan fingerprint density at radius 3 is 2.62 bits per heavy atom. The number of piperidine rings is 1. The summed E-state index contributed by atoms with van der Waals surface area (Å²) in [6, 6.07) is 0. The molecule has 3 rings (SSSR count). The van der Waals surface area contributed by atoms with Gasteiger partial charge in [-0.25, -0.2) is 4.98 Å². The lowest BCUT2D eigenvalue weighted by molar-refractivity contribution is -0.186. The molecule has 6 nitrogen and oxygen atoms in total. The van der Waals surface area contributed by atoms with E-state index < -0.39 is 23.6 Å². The van der Waals surface area contributed by atoms with Gasteiger partial charge in [-0.15, -0.1) is 11.3 Å². The molecule has 0 aliphatic carbocycles. The molecule has 0 radical (unpaired) electrons. The van der Waals surface area contributed by atoms with Crippen LogP contribution in [0.1, 0.15) is 28.1 Å². The predicted octanol–water partition coefficient (Wildman–Crippen LogP) is 2.38. The standard InChI is InChI=1S/C16H16F3N3O3S/c1-9-11(7-23)26-14-13(9)15(25)22(8-20-14)6-12(24)21-4-2-10(3-5-21)16(17,18)19/h7-8,10H,2-6H2,1H3. The molecule has 2 aromatic heterocycles. The van der Waals surface area contributed by atoms with Crippen LogP contribution in [0.4, 0.5) is 13.2 Å². The van der Waals surface area contributed by atoms with Gasteiger partial charge in [0, 0.05) is 13.1 Å². The number of nitrogens with zero attached hydrogens (tertiary/aromatic N) is 3. The molecular formula is C16H16F3N3O3S. The molecule has 1 fully saturated rings. The zero-order valence-corrected chi connectivity index (χ0v) is 14.7. The molecule has 0 unspecified atom stereocenters. The van der Waals surface area contributed by atoms with Gasteiger partial charge in [-0.2, -0.15) is 13.2 Å². The van der Waals surface area contributed by atoms with Crippen LogP contribution in [0.5, 0.6) is 0 Å². The van der Waals surface area contributed by atoms with E-state index in [1.807, 2.05) is 0 Å². The molecule has 0 saturated carbocycles. The van der Waals surface area contributed by atoms with Gasteiger partial charge in [0.15, 0.2) is 6.29 Å². The van der Waals surface area contributed by atoms with E-state index in [1.54, 1.807) is 6.92 Å². The van der Waals surface area contributed by atoms with Crippen molar-refractivity contribution in [1.29, 1.82) is 0 Å².